The van der Waals surface area contributed by atoms with Gasteiger partial charge in [0.1, 0.15) is 5.75 Å². The van der Waals surface area contributed by atoms with Crippen LogP contribution >= 0.6 is 0 Å². The Morgan fingerprint density at radius 3 is 2.75 bits per heavy atom. The normalized spacial score (nSPS) is 12.1. The Labute approximate surface area is 96.1 Å². The summed E-state index contributed by atoms with van der Waals surface area (Å²) in [6, 6.07) is 7.58. The van der Waals surface area contributed by atoms with Gasteiger partial charge in [0.25, 0.3) is 0 Å². The highest BCUT2D eigenvalue weighted by atomic mass is 16.5. The van der Waals surface area contributed by atoms with Gasteiger partial charge in [0, 0.05) is 0 Å². The molecule has 0 saturated heterocycles. The number of ether oxygens (including phenoxy) is 1. The molecule has 1 aromatic carbocycles. The van der Waals surface area contributed by atoms with Gasteiger partial charge in [0.2, 0.25) is 0 Å². The summed E-state index contributed by atoms with van der Waals surface area (Å²) in [7, 11) is 0. The van der Waals surface area contributed by atoms with Gasteiger partial charge < -0.3 is 9.84 Å². The molecule has 0 spiro atoms. The minimum Gasteiger partial charge on any atom is -0.479 e. The predicted octanol–water partition coefficient (Wildman–Crippen LogP) is 2.88. The molecule has 1 rings (SSSR count). The van der Waals surface area contributed by atoms with Gasteiger partial charge in [0.05, 0.1) is 0 Å². The van der Waals surface area contributed by atoms with Crippen molar-refractivity contribution in [1.29, 1.82) is 0 Å². The lowest BCUT2D eigenvalue weighted by Gasteiger charge is -2.14. The van der Waals surface area contributed by atoms with Gasteiger partial charge in [-0.15, -0.1) is 0 Å². The molecule has 0 aliphatic carbocycles. The van der Waals surface area contributed by atoms with E-state index in [9.17, 15) is 4.79 Å². The van der Waals surface area contributed by atoms with E-state index >= 15 is 0 Å². The first-order chi connectivity index (χ1) is 7.67. The lowest BCUT2D eigenvalue weighted by Crippen LogP contribution is -2.26. The molecule has 0 radical (unpaired) electrons. The minimum absolute atomic E-state index is 0.533. The van der Waals surface area contributed by atoms with Gasteiger partial charge in [-0.2, -0.15) is 0 Å². The maximum atomic E-state index is 10.9. The van der Waals surface area contributed by atoms with E-state index in [1.165, 1.54) is 0 Å². The van der Waals surface area contributed by atoms with E-state index in [-0.39, 0.29) is 0 Å². The highest BCUT2D eigenvalue weighted by molar-refractivity contribution is 5.72. The van der Waals surface area contributed by atoms with E-state index < -0.39 is 12.1 Å². The number of aryl methyl sites for hydroxylation is 1. The maximum Gasteiger partial charge on any atom is 0.344 e. The SMILES string of the molecule is CCCC(Oc1cccc(CC)c1)C(=O)O. The van der Waals surface area contributed by atoms with Crippen molar-refractivity contribution >= 4 is 5.97 Å². The third-order valence-electron chi connectivity index (χ3n) is 2.41. The highest BCUT2D eigenvalue weighted by Crippen LogP contribution is 2.17. The van der Waals surface area contributed by atoms with E-state index in [2.05, 4.69) is 6.92 Å². The molecule has 3 heteroatoms. The molecule has 0 aliphatic heterocycles. The van der Waals surface area contributed by atoms with E-state index in [1.807, 2.05) is 25.1 Å². The lowest BCUT2D eigenvalue weighted by molar-refractivity contribution is -0.145. The summed E-state index contributed by atoms with van der Waals surface area (Å²) in [5.74, 6) is -0.260. The second-order valence-electron chi connectivity index (χ2n) is 3.73. The van der Waals surface area contributed by atoms with E-state index in [0.29, 0.717) is 12.2 Å². The first kappa shape index (κ1) is 12.6. The quantitative estimate of drug-likeness (QED) is 0.805. The fourth-order valence-electron chi connectivity index (χ4n) is 1.50. The standard InChI is InChI=1S/C13H18O3/c1-3-6-12(13(14)15)16-11-8-5-7-10(4-2)9-11/h5,7-9,12H,3-4,6H2,1-2H3,(H,14,15). The van der Waals surface area contributed by atoms with Crippen molar-refractivity contribution in [1.82, 2.24) is 0 Å². The Morgan fingerprint density at radius 1 is 1.44 bits per heavy atom. The van der Waals surface area contributed by atoms with Crippen molar-refractivity contribution in [3.63, 3.8) is 0 Å². The average molecular weight is 222 g/mol. The van der Waals surface area contributed by atoms with Gasteiger partial charge in [0.15, 0.2) is 6.10 Å². The number of carboxylic acid groups (broad SMARTS) is 1. The van der Waals surface area contributed by atoms with Crippen molar-refractivity contribution in [3.05, 3.63) is 29.8 Å². The second-order valence-corrected chi connectivity index (χ2v) is 3.73. The summed E-state index contributed by atoms with van der Waals surface area (Å²) in [6.07, 6.45) is 1.51. The Balaban J connectivity index is 2.72. The molecule has 0 fully saturated rings. The Kier molecular flexibility index (Phi) is 4.83. The number of carbonyl (C=O) groups is 1. The van der Waals surface area contributed by atoms with Crippen LogP contribution < -0.4 is 4.74 Å². The molecule has 0 heterocycles. The van der Waals surface area contributed by atoms with E-state index in [4.69, 9.17) is 9.84 Å². The molecule has 1 atom stereocenters. The van der Waals surface area contributed by atoms with Crippen LogP contribution in [0, 0.1) is 0 Å². The topological polar surface area (TPSA) is 46.5 Å². The molecule has 1 unspecified atom stereocenters. The van der Waals surface area contributed by atoms with Crippen molar-refractivity contribution in [2.24, 2.45) is 0 Å². The molecule has 1 N–H and O–H groups in total. The van der Waals surface area contributed by atoms with Crippen LogP contribution in [-0.2, 0) is 11.2 Å². The summed E-state index contributed by atoms with van der Waals surface area (Å²) < 4.78 is 5.46. The predicted molar refractivity (Wildman–Crippen MR) is 62.8 cm³/mol. The largest absolute Gasteiger partial charge is 0.479 e. The van der Waals surface area contributed by atoms with Crippen molar-refractivity contribution < 1.29 is 14.6 Å². The van der Waals surface area contributed by atoms with Gasteiger partial charge in [-0.05, 0) is 30.5 Å². The lowest BCUT2D eigenvalue weighted by atomic mass is 10.1. The summed E-state index contributed by atoms with van der Waals surface area (Å²) in [4.78, 5) is 10.9. The summed E-state index contributed by atoms with van der Waals surface area (Å²) in [5.41, 5.74) is 1.15. The third-order valence-corrected chi connectivity index (χ3v) is 2.41. The zero-order valence-electron chi connectivity index (χ0n) is 9.77. The Morgan fingerprint density at radius 2 is 2.19 bits per heavy atom. The number of aliphatic carboxylic acids is 1. The molecule has 1 aromatic rings. The fraction of sp³-hybridized carbons (Fsp3) is 0.462. The number of carboxylic acids is 1. The molecular formula is C13H18O3. The smallest absolute Gasteiger partial charge is 0.344 e. The number of rotatable bonds is 6. The van der Waals surface area contributed by atoms with Crippen LogP contribution in [0.5, 0.6) is 5.75 Å². The fourth-order valence-corrected chi connectivity index (χ4v) is 1.50. The summed E-state index contributed by atoms with van der Waals surface area (Å²) in [5, 5.41) is 8.97. The van der Waals surface area contributed by atoms with Crippen LogP contribution in [0.15, 0.2) is 24.3 Å². The molecular weight excluding hydrogens is 204 g/mol. The summed E-state index contributed by atoms with van der Waals surface area (Å²) in [6.45, 7) is 4.00. The molecule has 3 nitrogen and oxygen atoms in total. The molecule has 0 aromatic heterocycles. The van der Waals surface area contributed by atoms with Crippen molar-refractivity contribution in [2.45, 2.75) is 39.2 Å². The zero-order chi connectivity index (χ0) is 12.0. The van der Waals surface area contributed by atoms with Crippen LogP contribution in [-0.4, -0.2) is 17.2 Å². The summed E-state index contributed by atoms with van der Waals surface area (Å²) >= 11 is 0. The second kappa shape index (κ2) is 6.16. The molecule has 88 valence electrons. The highest BCUT2D eigenvalue weighted by Gasteiger charge is 2.17. The van der Waals surface area contributed by atoms with Crippen LogP contribution in [0.4, 0.5) is 0 Å². The van der Waals surface area contributed by atoms with Crippen LogP contribution in [0.1, 0.15) is 32.3 Å². The zero-order valence-corrected chi connectivity index (χ0v) is 9.77. The molecule has 0 amide bonds. The first-order valence-corrected chi connectivity index (χ1v) is 5.65. The van der Waals surface area contributed by atoms with Gasteiger partial charge in [-0.3, -0.25) is 0 Å². The van der Waals surface area contributed by atoms with Crippen molar-refractivity contribution in [2.75, 3.05) is 0 Å². The van der Waals surface area contributed by atoms with Gasteiger partial charge in [-0.25, -0.2) is 4.79 Å². The minimum atomic E-state index is -0.899. The first-order valence-electron chi connectivity index (χ1n) is 5.65. The average Bonchev–Trinajstić information content (AvgIpc) is 2.28. The molecule has 16 heavy (non-hydrogen) atoms. The Hall–Kier alpha value is -1.51. The molecule has 0 bridgehead atoms. The van der Waals surface area contributed by atoms with E-state index in [1.54, 1.807) is 6.07 Å². The number of hydrogen-bond donors (Lipinski definition) is 1. The van der Waals surface area contributed by atoms with E-state index in [0.717, 1.165) is 18.4 Å². The van der Waals surface area contributed by atoms with Gasteiger partial charge in [-0.1, -0.05) is 32.4 Å². The van der Waals surface area contributed by atoms with Crippen LogP contribution in [0.2, 0.25) is 0 Å². The number of benzene rings is 1. The Bertz CT molecular complexity index is 347. The molecule has 0 saturated carbocycles. The monoisotopic (exact) mass is 222 g/mol. The third kappa shape index (κ3) is 3.57. The number of hydrogen-bond acceptors (Lipinski definition) is 2. The van der Waals surface area contributed by atoms with Crippen LogP contribution in [0.25, 0.3) is 0 Å². The van der Waals surface area contributed by atoms with Crippen molar-refractivity contribution in [3.8, 4) is 5.75 Å². The van der Waals surface area contributed by atoms with Crippen LogP contribution in [0.3, 0.4) is 0 Å². The van der Waals surface area contributed by atoms with Gasteiger partial charge >= 0.3 is 5.97 Å². The maximum absolute atomic E-state index is 10.9. The molecule has 0 aliphatic rings.